The lowest BCUT2D eigenvalue weighted by atomic mass is 9.80. The van der Waals surface area contributed by atoms with Crippen LogP contribution in [0.15, 0.2) is 29.3 Å². The van der Waals surface area contributed by atoms with Gasteiger partial charge < -0.3 is 20.1 Å². The first-order chi connectivity index (χ1) is 15.8. The molecular weight excluding hydrogens is 529 g/mol. The third-order valence-corrected chi connectivity index (χ3v) is 7.24. The topological polar surface area (TPSA) is 61.4 Å². The summed E-state index contributed by atoms with van der Waals surface area (Å²) in [6.07, 6.45) is 6.53. The molecule has 0 spiro atoms. The van der Waals surface area contributed by atoms with E-state index in [0.29, 0.717) is 0 Å². The Balaban J connectivity index is 0.00000306. The summed E-state index contributed by atoms with van der Waals surface area (Å²) < 4.78 is 11.1. The van der Waals surface area contributed by atoms with E-state index in [2.05, 4.69) is 49.7 Å². The van der Waals surface area contributed by atoms with Gasteiger partial charge in [-0.1, -0.05) is 43.5 Å². The van der Waals surface area contributed by atoms with Crippen LogP contribution in [-0.4, -0.2) is 87.5 Å². The highest BCUT2D eigenvalue weighted by molar-refractivity contribution is 14.0. The summed E-state index contributed by atoms with van der Waals surface area (Å²) in [7, 11) is 1.87. The molecule has 0 unspecified atom stereocenters. The van der Waals surface area contributed by atoms with Crippen LogP contribution in [0, 0.1) is 0 Å². The van der Waals surface area contributed by atoms with Crippen molar-refractivity contribution < 1.29 is 9.47 Å². The van der Waals surface area contributed by atoms with E-state index in [4.69, 9.17) is 9.47 Å². The Kier molecular flexibility index (Phi) is 11.2. The number of ether oxygens (including phenoxy) is 2. The zero-order chi connectivity index (χ0) is 22.1. The third kappa shape index (κ3) is 7.78. The summed E-state index contributed by atoms with van der Waals surface area (Å²) in [4.78, 5) is 9.64. The van der Waals surface area contributed by atoms with Crippen molar-refractivity contribution in [1.82, 2.24) is 20.4 Å². The number of hydrogen-bond donors (Lipinski definition) is 2. The van der Waals surface area contributed by atoms with Gasteiger partial charge in [-0.2, -0.15) is 0 Å². The molecule has 2 N–H and O–H groups in total. The normalized spacial score (nSPS) is 22.4. The van der Waals surface area contributed by atoms with Crippen LogP contribution in [0.25, 0.3) is 0 Å². The zero-order valence-corrected chi connectivity index (χ0v) is 22.5. The van der Waals surface area contributed by atoms with Gasteiger partial charge in [0.25, 0.3) is 0 Å². The highest BCUT2D eigenvalue weighted by atomic mass is 127. The fraction of sp³-hybridized carbons (Fsp3) is 0.720. The van der Waals surface area contributed by atoms with Gasteiger partial charge in [0.1, 0.15) is 0 Å². The first-order valence-corrected chi connectivity index (χ1v) is 12.4. The Hall–Kier alpha value is -0.940. The Morgan fingerprint density at radius 1 is 0.939 bits per heavy atom. The van der Waals surface area contributed by atoms with Gasteiger partial charge >= 0.3 is 0 Å². The quantitative estimate of drug-likeness (QED) is 0.298. The highest BCUT2D eigenvalue weighted by Crippen LogP contribution is 2.33. The maximum absolute atomic E-state index is 5.62. The van der Waals surface area contributed by atoms with Gasteiger partial charge in [0.2, 0.25) is 0 Å². The second-order valence-corrected chi connectivity index (χ2v) is 9.37. The molecule has 33 heavy (non-hydrogen) atoms. The Bertz CT molecular complexity index is 729. The molecule has 1 aromatic carbocycles. The van der Waals surface area contributed by atoms with E-state index >= 15 is 0 Å². The third-order valence-electron chi connectivity index (χ3n) is 7.24. The molecule has 2 aliphatic heterocycles. The van der Waals surface area contributed by atoms with Crippen LogP contribution >= 0.6 is 24.0 Å². The summed E-state index contributed by atoms with van der Waals surface area (Å²) >= 11 is 0. The van der Waals surface area contributed by atoms with Crippen LogP contribution < -0.4 is 10.6 Å². The number of halogens is 1. The van der Waals surface area contributed by atoms with Gasteiger partial charge in [0, 0.05) is 58.4 Å². The SMILES string of the molecule is CN=C(NCc1cccc(CN2CCOCC2)c1)NCC1(N2CCOCC2)CCCCC1.I. The smallest absolute Gasteiger partial charge is 0.191 e. The van der Waals surface area contributed by atoms with E-state index < -0.39 is 0 Å². The second-order valence-electron chi connectivity index (χ2n) is 9.37. The molecular formula is C25H42IN5O2. The predicted molar refractivity (Wildman–Crippen MR) is 144 cm³/mol. The molecule has 4 rings (SSSR count). The summed E-state index contributed by atoms with van der Waals surface area (Å²) in [6.45, 7) is 10.2. The second kappa shape index (κ2) is 13.8. The summed E-state index contributed by atoms with van der Waals surface area (Å²) in [6, 6.07) is 8.89. The van der Waals surface area contributed by atoms with Crippen molar-refractivity contribution in [3.8, 4) is 0 Å². The fourth-order valence-electron chi connectivity index (χ4n) is 5.36. The molecule has 1 aliphatic carbocycles. The maximum Gasteiger partial charge on any atom is 0.191 e. The molecule has 0 radical (unpaired) electrons. The molecule has 7 nitrogen and oxygen atoms in total. The minimum Gasteiger partial charge on any atom is -0.379 e. The minimum atomic E-state index is 0. The Morgan fingerprint density at radius 2 is 1.61 bits per heavy atom. The van der Waals surface area contributed by atoms with Crippen molar-refractivity contribution in [3.05, 3.63) is 35.4 Å². The van der Waals surface area contributed by atoms with Crippen molar-refractivity contribution in [2.24, 2.45) is 4.99 Å². The molecule has 2 heterocycles. The maximum atomic E-state index is 5.62. The first kappa shape index (κ1) is 26.7. The zero-order valence-electron chi connectivity index (χ0n) is 20.2. The summed E-state index contributed by atoms with van der Waals surface area (Å²) in [5.41, 5.74) is 2.89. The van der Waals surface area contributed by atoms with Gasteiger partial charge in [-0.15, -0.1) is 24.0 Å². The van der Waals surface area contributed by atoms with Crippen LogP contribution in [-0.2, 0) is 22.6 Å². The monoisotopic (exact) mass is 571 g/mol. The van der Waals surface area contributed by atoms with Gasteiger partial charge in [0.05, 0.1) is 26.4 Å². The van der Waals surface area contributed by atoms with Crippen molar-refractivity contribution >= 4 is 29.9 Å². The molecule has 1 aromatic rings. The number of aliphatic imine (C=N–C) groups is 1. The van der Waals surface area contributed by atoms with Crippen LogP contribution in [0.4, 0.5) is 0 Å². The van der Waals surface area contributed by atoms with Gasteiger partial charge in [-0.3, -0.25) is 14.8 Å². The molecule has 0 amide bonds. The molecule has 0 atom stereocenters. The average Bonchev–Trinajstić information content (AvgIpc) is 2.86. The molecule has 2 saturated heterocycles. The standard InChI is InChI=1S/C25H41N5O2.HI/c1-26-24(28-21-25(8-3-2-4-9-25)30-12-16-32-17-13-30)27-19-22-6-5-7-23(18-22)20-29-10-14-31-15-11-29;/h5-7,18H,2-4,8-17,19-21H2,1H3,(H2,26,27,28);1H. The Morgan fingerprint density at radius 3 is 2.30 bits per heavy atom. The van der Waals surface area contributed by atoms with Crippen LogP contribution in [0.5, 0.6) is 0 Å². The number of nitrogens with zero attached hydrogens (tertiary/aromatic N) is 3. The minimum absolute atomic E-state index is 0. The number of hydrogen-bond acceptors (Lipinski definition) is 5. The van der Waals surface area contributed by atoms with E-state index in [1.807, 2.05) is 7.05 Å². The lowest BCUT2D eigenvalue weighted by Gasteiger charge is -2.48. The molecule has 3 aliphatic rings. The molecule has 8 heteroatoms. The predicted octanol–water partition coefficient (Wildman–Crippen LogP) is 2.84. The van der Waals surface area contributed by atoms with E-state index in [1.165, 1.54) is 43.2 Å². The van der Waals surface area contributed by atoms with E-state index in [1.54, 1.807) is 0 Å². The number of nitrogens with one attached hydrogen (secondary N) is 2. The largest absolute Gasteiger partial charge is 0.379 e. The van der Waals surface area contributed by atoms with Gasteiger partial charge in [-0.05, 0) is 24.0 Å². The number of benzene rings is 1. The van der Waals surface area contributed by atoms with Gasteiger partial charge in [0.15, 0.2) is 5.96 Å². The first-order valence-electron chi connectivity index (χ1n) is 12.4. The molecule has 0 bridgehead atoms. The summed E-state index contributed by atoms with van der Waals surface area (Å²) in [5, 5.41) is 7.20. The van der Waals surface area contributed by atoms with E-state index in [0.717, 1.165) is 78.2 Å². The summed E-state index contributed by atoms with van der Waals surface area (Å²) in [5.74, 6) is 0.891. The number of guanidine groups is 1. The van der Waals surface area contributed by atoms with Crippen molar-refractivity contribution in [2.75, 3.05) is 66.2 Å². The van der Waals surface area contributed by atoms with E-state index in [-0.39, 0.29) is 29.5 Å². The fourth-order valence-corrected chi connectivity index (χ4v) is 5.36. The lowest BCUT2D eigenvalue weighted by molar-refractivity contribution is -0.0352. The Labute approximate surface area is 216 Å². The number of rotatable bonds is 7. The highest BCUT2D eigenvalue weighted by Gasteiger charge is 2.38. The van der Waals surface area contributed by atoms with Crippen LogP contribution in [0.3, 0.4) is 0 Å². The van der Waals surface area contributed by atoms with Crippen LogP contribution in [0.1, 0.15) is 43.2 Å². The van der Waals surface area contributed by atoms with Crippen molar-refractivity contribution in [3.63, 3.8) is 0 Å². The van der Waals surface area contributed by atoms with Gasteiger partial charge in [-0.25, -0.2) is 0 Å². The van der Waals surface area contributed by atoms with E-state index in [9.17, 15) is 0 Å². The molecule has 3 fully saturated rings. The molecule has 186 valence electrons. The molecule has 0 aromatic heterocycles. The van der Waals surface area contributed by atoms with Crippen molar-refractivity contribution in [2.45, 2.75) is 50.7 Å². The van der Waals surface area contributed by atoms with Crippen molar-refractivity contribution in [1.29, 1.82) is 0 Å². The molecule has 1 saturated carbocycles. The number of morpholine rings is 2. The average molecular weight is 572 g/mol. The lowest BCUT2D eigenvalue weighted by Crippen LogP contribution is -2.60. The van der Waals surface area contributed by atoms with Crippen LogP contribution in [0.2, 0.25) is 0 Å².